The zero-order chi connectivity index (χ0) is 20.4. The third kappa shape index (κ3) is 3.99. The topological polar surface area (TPSA) is 122 Å². The van der Waals surface area contributed by atoms with Crippen LogP contribution >= 0.6 is 11.3 Å². The lowest BCUT2D eigenvalue weighted by Crippen LogP contribution is -2.31. The van der Waals surface area contributed by atoms with Crippen molar-refractivity contribution in [1.82, 2.24) is 14.5 Å². The van der Waals surface area contributed by atoms with Gasteiger partial charge in [-0.2, -0.15) is 4.98 Å². The highest BCUT2D eigenvalue weighted by atomic mass is 32.1. The van der Waals surface area contributed by atoms with E-state index in [0.717, 1.165) is 11.3 Å². The zero-order valence-electron chi connectivity index (χ0n) is 16.0. The third-order valence-corrected chi connectivity index (χ3v) is 5.26. The van der Waals surface area contributed by atoms with E-state index in [4.69, 9.17) is 14.2 Å². The van der Waals surface area contributed by atoms with Gasteiger partial charge in [-0.3, -0.25) is 19.0 Å². The van der Waals surface area contributed by atoms with Crippen molar-refractivity contribution in [2.45, 2.75) is 58.2 Å². The van der Waals surface area contributed by atoms with Crippen molar-refractivity contribution in [2.24, 2.45) is 0 Å². The first kappa shape index (κ1) is 20.2. The van der Waals surface area contributed by atoms with Crippen LogP contribution in [0.15, 0.2) is 11.0 Å². The molecule has 1 saturated heterocycles. The molecule has 0 radical (unpaired) electrons. The molecule has 0 bridgehead atoms. The average molecular weight is 410 g/mol. The van der Waals surface area contributed by atoms with Crippen LogP contribution in [0.3, 0.4) is 0 Å². The minimum absolute atomic E-state index is 0.295. The molecule has 28 heavy (non-hydrogen) atoms. The fourth-order valence-electron chi connectivity index (χ4n) is 3.27. The normalized spacial score (nSPS) is 22.8. The second-order valence-corrected chi connectivity index (χ2v) is 7.37. The molecule has 1 aliphatic rings. The fourth-order valence-corrected chi connectivity index (χ4v) is 4.09. The fraction of sp³-hybridized carbons (Fsp3) is 0.588. The summed E-state index contributed by atoms with van der Waals surface area (Å²) in [5.74, 6) is -0.561. The van der Waals surface area contributed by atoms with Gasteiger partial charge in [0.1, 0.15) is 18.3 Å². The molecule has 0 aliphatic carbocycles. The molecule has 152 valence electrons. The second-order valence-electron chi connectivity index (χ2n) is 6.37. The highest BCUT2D eigenvalue weighted by Crippen LogP contribution is 2.36. The Labute approximate surface area is 164 Å². The maximum absolute atomic E-state index is 12.7. The summed E-state index contributed by atoms with van der Waals surface area (Å²) >= 11 is 0.981. The van der Waals surface area contributed by atoms with Crippen molar-refractivity contribution < 1.29 is 23.8 Å². The molecule has 0 unspecified atom stereocenters. The van der Waals surface area contributed by atoms with Gasteiger partial charge in [0.2, 0.25) is 5.95 Å². The number of anilines is 1. The van der Waals surface area contributed by atoms with Crippen molar-refractivity contribution >= 4 is 39.6 Å². The summed E-state index contributed by atoms with van der Waals surface area (Å²) in [7, 11) is 1.67. The molecule has 3 heterocycles. The molecule has 4 atom stereocenters. The van der Waals surface area contributed by atoms with Crippen LogP contribution in [0.5, 0.6) is 0 Å². The molecule has 3 rings (SSSR count). The summed E-state index contributed by atoms with van der Waals surface area (Å²) in [6.45, 7) is 4.49. The van der Waals surface area contributed by atoms with Gasteiger partial charge < -0.3 is 19.5 Å². The van der Waals surface area contributed by atoms with Crippen LogP contribution < -0.4 is 10.2 Å². The van der Waals surface area contributed by atoms with E-state index in [-0.39, 0.29) is 4.87 Å². The smallest absolute Gasteiger partial charge is 0.311 e. The minimum atomic E-state index is -0.876. The van der Waals surface area contributed by atoms with Crippen molar-refractivity contribution in [3.63, 3.8) is 0 Å². The number of rotatable bonds is 6. The first-order chi connectivity index (χ1) is 13.3. The van der Waals surface area contributed by atoms with E-state index in [2.05, 4.69) is 15.3 Å². The van der Waals surface area contributed by atoms with Gasteiger partial charge in [0, 0.05) is 27.3 Å². The molecular weight excluding hydrogens is 388 g/mol. The molecule has 1 fully saturated rings. The molecule has 10 nitrogen and oxygen atoms in total. The highest BCUT2D eigenvalue weighted by Gasteiger charge is 2.44. The Bertz CT molecular complexity index is 941. The number of hydrogen-bond acceptors (Lipinski definition) is 10. The van der Waals surface area contributed by atoms with E-state index in [1.165, 1.54) is 18.4 Å². The van der Waals surface area contributed by atoms with Crippen LogP contribution in [-0.2, 0) is 23.8 Å². The summed E-state index contributed by atoms with van der Waals surface area (Å²) in [4.78, 5) is 43.8. The maximum atomic E-state index is 12.7. The Morgan fingerprint density at radius 2 is 2.18 bits per heavy atom. The van der Waals surface area contributed by atoms with Crippen molar-refractivity contribution in [1.29, 1.82) is 0 Å². The van der Waals surface area contributed by atoms with Crippen LogP contribution in [0.1, 0.15) is 39.8 Å². The number of fused-ring (bicyclic) bond motifs is 1. The van der Waals surface area contributed by atoms with E-state index < -0.39 is 36.5 Å². The van der Waals surface area contributed by atoms with E-state index in [0.29, 0.717) is 29.1 Å². The van der Waals surface area contributed by atoms with Gasteiger partial charge in [-0.1, -0.05) is 18.3 Å². The van der Waals surface area contributed by atoms with Gasteiger partial charge in [-0.15, -0.1) is 0 Å². The van der Waals surface area contributed by atoms with E-state index in [1.54, 1.807) is 13.2 Å². The quantitative estimate of drug-likeness (QED) is 0.705. The summed E-state index contributed by atoms with van der Waals surface area (Å²) in [5, 5.41) is 2.83. The summed E-state index contributed by atoms with van der Waals surface area (Å²) < 4.78 is 18.8. The molecule has 1 N–H and O–H groups in total. The first-order valence-electron chi connectivity index (χ1n) is 8.89. The number of nitrogens with zero attached hydrogens (tertiary/aromatic N) is 3. The number of carbonyl (C=O) groups excluding carboxylic acids is 2. The minimum Gasteiger partial charge on any atom is -0.460 e. The van der Waals surface area contributed by atoms with Crippen molar-refractivity contribution in [2.75, 3.05) is 12.4 Å². The standard InChI is InChI=1S/C17H22N4O6S/c1-5-10(25-8(2)22)11-6-12(26-9(3)23)15(27-11)21-14-13(28-17(21)24)7-19-16(18-4)20-14/h7,10-12,15H,5-6H2,1-4H3,(H,18,19,20)/t10-,11-,12+,15+/m0/s1. The lowest BCUT2D eigenvalue weighted by atomic mass is 10.1. The highest BCUT2D eigenvalue weighted by molar-refractivity contribution is 7.16. The van der Waals surface area contributed by atoms with Gasteiger partial charge >= 0.3 is 16.8 Å². The number of nitrogens with one attached hydrogen (secondary N) is 1. The lowest BCUT2D eigenvalue weighted by molar-refractivity contribution is -0.158. The lowest BCUT2D eigenvalue weighted by Gasteiger charge is -2.22. The summed E-state index contributed by atoms with van der Waals surface area (Å²) in [5.41, 5.74) is 0.387. The molecule has 0 amide bonds. The average Bonchev–Trinajstić information content (AvgIpc) is 3.17. The number of carbonyl (C=O) groups is 2. The van der Waals surface area contributed by atoms with Crippen molar-refractivity contribution in [3.8, 4) is 0 Å². The van der Waals surface area contributed by atoms with Gasteiger partial charge in [0.25, 0.3) is 0 Å². The Morgan fingerprint density at radius 1 is 1.43 bits per heavy atom. The van der Waals surface area contributed by atoms with Crippen LogP contribution in [0.4, 0.5) is 5.95 Å². The predicted octanol–water partition coefficient (Wildman–Crippen LogP) is 1.46. The molecule has 1 aliphatic heterocycles. The Hall–Kier alpha value is -2.53. The number of ether oxygens (including phenoxy) is 3. The van der Waals surface area contributed by atoms with Crippen molar-refractivity contribution in [3.05, 3.63) is 15.9 Å². The van der Waals surface area contributed by atoms with Crippen LogP contribution in [0.2, 0.25) is 0 Å². The number of thiazole rings is 1. The molecule has 11 heteroatoms. The molecule has 0 spiro atoms. The van der Waals surface area contributed by atoms with Gasteiger partial charge in [-0.25, -0.2) is 4.98 Å². The van der Waals surface area contributed by atoms with Crippen LogP contribution in [0, 0.1) is 0 Å². The number of esters is 2. The van der Waals surface area contributed by atoms with Crippen LogP contribution in [0.25, 0.3) is 10.3 Å². The van der Waals surface area contributed by atoms with Gasteiger partial charge in [-0.05, 0) is 6.42 Å². The van der Waals surface area contributed by atoms with E-state index in [1.807, 2.05) is 6.92 Å². The number of hydrogen-bond donors (Lipinski definition) is 1. The van der Waals surface area contributed by atoms with E-state index in [9.17, 15) is 14.4 Å². The zero-order valence-corrected chi connectivity index (χ0v) is 16.8. The van der Waals surface area contributed by atoms with Crippen LogP contribution in [-0.4, -0.2) is 51.8 Å². The summed E-state index contributed by atoms with van der Waals surface area (Å²) in [6.07, 6.45) is -0.245. The largest absolute Gasteiger partial charge is 0.460 e. The molecule has 2 aromatic rings. The Kier molecular flexibility index (Phi) is 5.94. The van der Waals surface area contributed by atoms with Gasteiger partial charge in [0.05, 0.1) is 10.9 Å². The first-order valence-corrected chi connectivity index (χ1v) is 9.71. The van der Waals surface area contributed by atoms with Gasteiger partial charge in [0.15, 0.2) is 11.9 Å². The number of aromatic nitrogens is 3. The SMILES string of the molecule is CC[C@H](OC(C)=O)[C@@H]1C[C@@H](OC(C)=O)[C@H](n2c(=O)sc3cnc(NC)nc32)O1. The second kappa shape index (κ2) is 8.23. The monoisotopic (exact) mass is 410 g/mol. The summed E-state index contributed by atoms with van der Waals surface area (Å²) in [6, 6.07) is 0. The maximum Gasteiger partial charge on any atom is 0.311 e. The molecule has 0 saturated carbocycles. The molecule has 2 aromatic heterocycles. The Balaban J connectivity index is 2.01. The third-order valence-electron chi connectivity index (χ3n) is 4.39. The van der Waals surface area contributed by atoms with E-state index >= 15 is 0 Å². The Morgan fingerprint density at radius 3 is 2.79 bits per heavy atom. The molecular formula is C17H22N4O6S. The predicted molar refractivity (Wildman–Crippen MR) is 101 cm³/mol. The molecule has 0 aromatic carbocycles.